The molecule has 0 aliphatic rings. The topological polar surface area (TPSA) is 29.5 Å². The summed E-state index contributed by atoms with van der Waals surface area (Å²) in [5.74, 6) is 0. The first-order valence-corrected chi connectivity index (χ1v) is 10.1. The Morgan fingerprint density at radius 1 is 0.957 bits per heavy atom. The van der Waals surface area contributed by atoms with E-state index in [9.17, 15) is 5.11 Å². The van der Waals surface area contributed by atoms with E-state index < -0.39 is 0 Å². The van der Waals surface area contributed by atoms with Gasteiger partial charge in [-0.25, -0.2) is 0 Å². The molecule has 0 heterocycles. The second-order valence-corrected chi connectivity index (χ2v) is 8.28. The van der Waals surface area contributed by atoms with Crippen molar-refractivity contribution >= 4 is 19.4 Å². The number of ether oxygens (including phenoxy) is 1. The molecule has 0 fully saturated rings. The summed E-state index contributed by atoms with van der Waals surface area (Å²) in [6, 6.07) is 18.7. The molecule has 2 nitrogen and oxygen atoms in total. The Balaban J connectivity index is 2.25. The van der Waals surface area contributed by atoms with Crippen molar-refractivity contribution in [3.8, 4) is 0 Å². The molecule has 0 amide bonds. The van der Waals surface area contributed by atoms with Gasteiger partial charge in [0, 0.05) is 0 Å². The SMILES string of the molecule is CC[C@H](O)c1ccccc1[Se][C@H](CC)[C@@H](OC)c1ccccc1. The molecule has 0 aliphatic heterocycles. The second-order valence-electron chi connectivity index (χ2n) is 5.59. The zero-order chi connectivity index (χ0) is 16.7. The van der Waals surface area contributed by atoms with E-state index in [-0.39, 0.29) is 27.2 Å². The summed E-state index contributed by atoms with van der Waals surface area (Å²) in [5.41, 5.74) is 2.31. The van der Waals surface area contributed by atoms with E-state index in [0.717, 1.165) is 18.4 Å². The third-order valence-corrected chi connectivity index (χ3v) is 7.23. The zero-order valence-electron chi connectivity index (χ0n) is 14.1. The maximum atomic E-state index is 10.3. The van der Waals surface area contributed by atoms with Gasteiger partial charge in [0.15, 0.2) is 0 Å². The predicted octanol–water partition coefficient (Wildman–Crippen LogP) is 4.05. The molecule has 2 aromatic carbocycles. The van der Waals surface area contributed by atoms with Gasteiger partial charge >= 0.3 is 146 Å². The van der Waals surface area contributed by atoms with E-state index >= 15 is 0 Å². The number of aliphatic hydroxyl groups is 1. The quantitative estimate of drug-likeness (QED) is 0.704. The van der Waals surface area contributed by atoms with Crippen LogP contribution in [0.25, 0.3) is 0 Å². The van der Waals surface area contributed by atoms with E-state index in [1.54, 1.807) is 7.11 Å². The molecule has 2 aromatic rings. The number of methoxy groups -OCH3 is 1. The van der Waals surface area contributed by atoms with Crippen LogP contribution in [0.3, 0.4) is 0 Å². The molecule has 1 N–H and O–H groups in total. The molecule has 124 valence electrons. The summed E-state index contributed by atoms with van der Waals surface area (Å²) in [5, 5.41) is 10.3. The van der Waals surface area contributed by atoms with Gasteiger partial charge in [-0.1, -0.05) is 0 Å². The number of hydrogen-bond acceptors (Lipinski definition) is 2. The summed E-state index contributed by atoms with van der Waals surface area (Å²) < 4.78 is 7.13. The van der Waals surface area contributed by atoms with E-state index in [1.807, 2.05) is 19.1 Å². The van der Waals surface area contributed by atoms with E-state index in [2.05, 4.69) is 49.4 Å². The molecular formula is C20H26O2Se. The van der Waals surface area contributed by atoms with E-state index in [0.29, 0.717) is 4.82 Å². The van der Waals surface area contributed by atoms with Gasteiger partial charge in [-0.05, 0) is 0 Å². The van der Waals surface area contributed by atoms with Crippen molar-refractivity contribution in [3.05, 3.63) is 65.7 Å². The van der Waals surface area contributed by atoms with Crippen molar-refractivity contribution in [2.45, 2.75) is 43.7 Å². The minimum absolute atomic E-state index is 0.105. The fourth-order valence-electron chi connectivity index (χ4n) is 2.75. The van der Waals surface area contributed by atoms with Crippen LogP contribution < -0.4 is 4.46 Å². The molecule has 0 saturated heterocycles. The molecule has 0 unspecified atom stereocenters. The van der Waals surface area contributed by atoms with Crippen molar-refractivity contribution in [2.24, 2.45) is 0 Å². The van der Waals surface area contributed by atoms with E-state index in [1.165, 1.54) is 10.0 Å². The Morgan fingerprint density at radius 2 is 1.61 bits per heavy atom. The Morgan fingerprint density at radius 3 is 2.22 bits per heavy atom. The summed E-state index contributed by atoms with van der Waals surface area (Å²) in [7, 11) is 1.79. The zero-order valence-corrected chi connectivity index (χ0v) is 15.8. The second kappa shape index (κ2) is 9.24. The predicted molar refractivity (Wildman–Crippen MR) is 97.3 cm³/mol. The maximum absolute atomic E-state index is 10.3. The van der Waals surface area contributed by atoms with Crippen molar-refractivity contribution in [3.63, 3.8) is 0 Å². The van der Waals surface area contributed by atoms with Gasteiger partial charge < -0.3 is 0 Å². The molecule has 0 spiro atoms. The van der Waals surface area contributed by atoms with Gasteiger partial charge in [-0.2, -0.15) is 0 Å². The van der Waals surface area contributed by atoms with Crippen molar-refractivity contribution in [1.29, 1.82) is 0 Å². The van der Waals surface area contributed by atoms with Crippen LogP contribution in [0.1, 0.15) is 50.0 Å². The molecule has 0 aromatic heterocycles. The molecular weight excluding hydrogens is 351 g/mol. The molecule has 0 radical (unpaired) electrons. The normalized spacial score (nSPS) is 15.1. The third kappa shape index (κ3) is 4.68. The number of benzene rings is 2. The molecule has 3 heteroatoms. The molecule has 0 saturated carbocycles. The van der Waals surface area contributed by atoms with Gasteiger partial charge in [-0.3, -0.25) is 0 Å². The summed E-state index contributed by atoms with van der Waals surface area (Å²) in [6.45, 7) is 4.24. The van der Waals surface area contributed by atoms with Crippen molar-refractivity contribution in [2.75, 3.05) is 7.11 Å². The molecule has 0 bridgehead atoms. The van der Waals surface area contributed by atoms with Crippen LogP contribution in [0.15, 0.2) is 54.6 Å². The number of hydrogen-bond donors (Lipinski definition) is 1. The van der Waals surface area contributed by atoms with Crippen LogP contribution in [-0.4, -0.2) is 27.2 Å². The molecule has 23 heavy (non-hydrogen) atoms. The molecule has 2 rings (SSSR count). The number of rotatable bonds is 8. The first kappa shape index (κ1) is 18.2. The van der Waals surface area contributed by atoms with Crippen LogP contribution in [0.2, 0.25) is 4.82 Å². The first-order valence-electron chi connectivity index (χ1n) is 8.22. The minimum atomic E-state index is -0.372. The standard InChI is InChI=1S/C20H26O2Se/c1-4-17(21)16-13-9-10-14-19(16)23-18(5-2)20(22-3)15-11-7-6-8-12-15/h6-14,17-18,20-21H,4-5H2,1-3H3/t17-,18+,20-/m0/s1. The van der Waals surface area contributed by atoms with Gasteiger partial charge in [0.1, 0.15) is 0 Å². The third-order valence-electron chi connectivity index (χ3n) is 4.07. The average molecular weight is 377 g/mol. The summed E-state index contributed by atoms with van der Waals surface area (Å²) >= 11 is 0.248. The Bertz CT molecular complexity index is 585. The van der Waals surface area contributed by atoms with Gasteiger partial charge in [0.2, 0.25) is 0 Å². The van der Waals surface area contributed by atoms with Crippen LogP contribution in [0, 0.1) is 0 Å². The first-order chi connectivity index (χ1) is 11.2. The molecule has 0 aliphatic carbocycles. The van der Waals surface area contributed by atoms with Crippen molar-refractivity contribution in [1.82, 2.24) is 0 Å². The summed E-state index contributed by atoms with van der Waals surface area (Å²) in [6.07, 6.45) is 1.54. The monoisotopic (exact) mass is 378 g/mol. The van der Waals surface area contributed by atoms with Gasteiger partial charge in [0.25, 0.3) is 0 Å². The van der Waals surface area contributed by atoms with Gasteiger partial charge in [-0.15, -0.1) is 0 Å². The van der Waals surface area contributed by atoms with Crippen LogP contribution in [0.5, 0.6) is 0 Å². The Hall–Kier alpha value is -1.12. The van der Waals surface area contributed by atoms with Gasteiger partial charge in [0.05, 0.1) is 0 Å². The summed E-state index contributed by atoms with van der Waals surface area (Å²) in [4.78, 5) is 0.445. The Labute approximate surface area is 146 Å². The fraction of sp³-hybridized carbons (Fsp3) is 0.400. The van der Waals surface area contributed by atoms with Crippen molar-refractivity contribution < 1.29 is 9.84 Å². The van der Waals surface area contributed by atoms with Crippen LogP contribution in [-0.2, 0) is 4.74 Å². The van der Waals surface area contributed by atoms with Crippen LogP contribution in [0.4, 0.5) is 0 Å². The van der Waals surface area contributed by atoms with E-state index in [4.69, 9.17) is 4.74 Å². The fourth-order valence-corrected chi connectivity index (χ4v) is 5.65. The number of aliphatic hydroxyl groups excluding tert-OH is 1. The van der Waals surface area contributed by atoms with Crippen LogP contribution >= 0.6 is 0 Å². The molecule has 3 atom stereocenters. The average Bonchev–Trinajstić information content (AvgIpc) is 2.62. The Kier molecular flexibility index (Phi) is 7.32.